The molecule has 128 valence electrons. The summed E-state index contributed by atoms with van der Waals surface area (Å²) in [5.41, 5.74) is 3.08. The lowest BCUT2D eigenvalue weighted by Gasteiger charge is -2.07. The molecule has 8 heteroatoms. The van der Waals surface area contributed by atoms with Crippen molar-refractivity contribution in [3.8, 4) is 0 Å². The summed E-state index contributed by atoms with van der Waals surface area (Å²) in [7, 11) is 0. The minimum atomic E-state index is -0.183. The number of hydrogen-bond donors (Lipinski definition) is 2. The molecule has 6 nitrogen and oxygen atoms in total. The number of nitrogens with one attached hydrogen (secondary N) is 2. The first kappa shape index (κ1) is 18.4. The first-order valence-electron chi connectivity index (χ1n) is 7.55. The molecule has 2 aromatic rings. The van der Waals surface area contributed by atoms with Gasteiger partial charge in [0.2, 0.25) is 16.9 Å². The second-order valence-corrected chi connectivity index (χ2v) is 7.29. The molecule has 0 spiro atoms. The van der Waals surface area contributed by atoms with Gasteiger partial charge in [0, 0.05) is 5.69 Å². The smallest absolute Gasteiger partial charge is 0.236 e. The van der Waals surface area contributed by atoms with Crippen molar-refractivity contribution in [1.29, 1.82) is 0 Å². The number of aromatic nitrogens is 2. The molecule has 0 radical (unpaired) electrons. The van der Waals surface area contributed by atoms with Crippen LogP contribution in [-0.2, 0) is 16.0 Å². The molecule has 0 saturated heterocycles. The lowest BCUT2D eigenvalue weighted by atomic mass is 10.1. The molecule has 1 aromatic carbocycles. The zero-order valence-electron chi connectivity index (χ0n) is 13.9. The van der Waals surface area contributed by atoms with E-state index in [1.165, 1.54) is 28.7 Å². The van der Waals surface area contributed by atoms with Crippen LogP contribution in [0.5, 0.6) is 0 Å². The summed E-state index contributed by atoms with van der Waals surface area (Å²) in [6, 6.07) is 5.78. The Balaban J connectivity index is 1.71. The molecule has 0 aliphatic rings. The average molecular weight is 364 g/mol. The van der Waals surface area contributed by atoms with E-state index in [0.717, 1.165) is 22.7 Å². The van der Waals surface area contributed by atoms with Crippen LogP contribution >= 0.6 is 23.1 Å². The Morgan fingerprint density at radius 2 is 1.79 bits per heavy atom. The molecule has 1 aromatic heterocycles. The van der Waals surface area contributed by atoms with E-state index in [1.54, 1.807) is 0 Å². The maximum Gasteiger partial charge on any atom is 0.236 e. The zero-order valence-corrected chi connectivity index (χ0v) is 15.5. The van der Waals surface area contributed by atoms with E-state index in [9.17, 15) is 9.59 Å². The van der Waals surface area contributed by atoms with Gasteiger partial charge in [0.1, 0.15) is 5.01 Å². The lowest BCUT2D eigenvalue weighted by molar-refractivity contribution is -0.114. The van der Waals surface area contributed by atoms with Gasteiger partial charge in [-0.3, -0.25) is 14.9 Å². The highest BCUT2D eigenvalue weighted by atomic mass is 32.2. The van der Waals surface area contributed by atoms with Gasteiger partial charge in [-0.05, 0) is 43.5 Å². The van der Waals surface area contributed by atoms with Crippen molar-refractivity contribution >= 4 is 45.7 Å². The SMILES string of the molecule is CCc1nnc(NC(=O)CSCC(=O)Nc2ccc(C)c(C)c2)s1. The Bertz CT molecular complexity index is 731. The largest absolute Gasteiger partial charge is 0.325 e. The summed E-state index contributed by atoms with van der Waals surface area (Å²) in [5, 5.41) is 14.7. The Labute approximate surface area is 149 Å². The number of nitrogens with zero attached hydrogens (tertiary/aromatic N) is 2. The number of amides is 2. The monoisotopic (exact) mass is 364 g/mol. The molecule has 2 rings (SSSR count). The van der Waals surface area contributed by atoms with Crippen molar-refractivity contribution in [2.45, 2.75) is 27.2 Å². The number of thioether (sulfide) groups is 1. The highest BCUT2D eigenvalue weighted by Gasteiger charge is 2.09. The van der Waals surface area contributed by atoms with Gasteiger partial charge in [-0.15, -0.1) is 22.0 Å². The van der Waals surface area contributed by atoms with Gasteiger partial charge in [0.15, 0.2) is 0 Å². The molecule has 1 heterocycles. The minimum absolute atomic E-state index is 0.125. The molecule has 0 atom stereocenters. The first-order valence-corrected chi connectivity index (χ1v) is 9.52. The van der Waals surface area contributed by atoms with Crippen molar-refractivity contribution in [2.24, 2.45) is 0 Å². The number of carbonyl (C=O) groups is 2. The predicted octanol–water partition coefficient (Wildman–Crippen LogP) is 3.03. The summed E-state index contributed by atoms with van der Waals surface area (Å²) in [6.45, 7) is 6.01. The second kappa shape index (κ2) is 8.79. The molecule has 0 saturated carbocycles. The van der Waals surface area contributed by atoms with Crippen LogP contribution < -0.4 is 10.6 Å². The van der Waals surface area contributed by atoms with E-state index >= 15 is 0 Å². The average Bonchev–Trinajstić information content (AvgIpc) is 2.98. The number of hydrogen-bond acceptors (Lipinski definition) is 6. The molecule has 2 amide bonds. The number of carbonyl (C=O) groups excluding carboxylic acids is 2. The molecular weight excluding hydrogens is 344 g/mol. The van der Waals surface area contributed by atoms with E-state index in [1.807, 2.05) is 39.0 Å². The lowest BCUT2D eigenvalue weighted by Crippen LogP contribution is -2.18. The first-order chi connectivity index (χ1) is 11.5. The van der Waals surface area contributed by atoms with Gasteiger partial charge in [-0.25, -0.2) is 0 Å². The molecule has 0 aliphatic heterocycles. The molecule has 0 aliphatic carbocycles. The Kier molecular flexibility index (Phi) is 6.74. The van der Waals surface area contributed by atoms with E-state index in [4.69, 9.17) is 0 Å². The maximum absolute atomic E-state index is 11.9. The van der Waals surface area contributed by atoms with Crippen LogP contribution in [0, 0.1) is 13.8 Å². The highest BCUT2D eigenvalue weighted by Crippen LogP contribution is 2.16. The van der Waals surface area contributed by atoms with Gasteiger partial charge >= 0.3 is 0 Å². The minimum Gasteiger partial charge on any atom is -0.325 e. The van der Waals surface area contributed by atoms with E-state index < -0.39 is 0 Å². The fourth-order valence-electron chi connectivity index (χ4n) is 1.86. The summed E-state index contributed by atoms with van der Waals surface area (Å²) in [6.07, 6.45) is 0.793. The van der Waals surface area contributed by atoms with Crippen molar-refractivity contribution in [3.05, 3.63) is 34.3 Å². The third-order valence-corrected chi connectivity index (χ3v) is 5.19. The van der Waals surface area contributed by atoms with Crippen LogP contribution in [0.3, 0.4) is 0 Å². The zero-order chi connectivity index (χ0) is 17.5. The van der Waals surface area contributed by atoms with Crippen molar-refractivity contribution < 1.29 is 9.59 Å². The third-order valence-electron chi connectivity index (χ3n) is 3.27. The van der Waals surface area contributed by atoms with Crippen molar-refractivity contribution in [3.63, 3.8) is 0 Å². The van der Waals surface area contributed by atoms with Gasteiger partial charge in [0.25, 0.3) is 0 Å². The summed E-state index contributed by atoms with van der Waals surface area (Å²) in [4.78, 5) is 23.7. The third kappa shape index (κ3) is 5.61. The summed E-state index contributed by atoms with van der Waals surface area (Å²) < 4.78 is 0. The summed E-state index contributed by atoms with van der Waals surface area (Å²) >= 11 is 2.62. The quantitative estimate of drug-likeness (QED) is 0.789. The molecule has 0 fully saturated rings. The fraction of sp³-hybridized carbons (Fsp3) is 0.375. The normalized spacial score (nSPS) is 10.5. The number of aryl methyl sites for hydroxylation is 3. The van der Waals surface area contributed by atoms with Crippen LogP contribution in [-0.4, -0.2) is 33.5 Å². The Hall–Kier alpha value is -1.93. The fourth-order valence-corrected chi connectivity index (χ4v) is 3.17. The van der Waals surface area contributed by atoms with E-state index in [2.05, 4.69) is 20.8 Å². The Morgan fingerprint density at radius 3 is 2.42 bits per heavy atom. The molecule has 2 N–H and O–H groups in total. The van der Waals surface area contributed by atoms with Crippen molar-refractivity contribution in [2.75, 3.05) is 22.1 Å². The molecule has 0 unspecified atom stereocenters. The van der Waals surface area contributed by atoms with Crippen LogP contribution in [0.4, 0.5) is 10.8 Å². The molecule has 0 bridgehead atoms. The van der Waals surface area contributed by atoms with Gasteiger partial charge < -0.3 is 5.32 Å². The summed E-state index contributed by atoms with van der Waals surface area (Å²) in [5.74, 6) is 0.107. The number of benzene rings is 1. The van der Waals surface area contributed by atoms with E-state index in [0.29, 0.717) is 5.13 Å². The van der Waals surface area contributed by atoms with Gasteiger partial charge in [0.05, 0.1) is 11.5 Å². The van der Waals surface area contributed by atoms with Crippen LogP contribution in [0.2, 0.25) is 0 Å². The van der Waals surface area contributed by atoms with Crippen LogP contribution in [0.15, 0.2) is 18.2 Å². The van der Waals surface area contributed by atoms with Gasteiger partial charge in [-0.1, -0.05) is 24.3 Å². The van der Waals surface area contributed by atoms with Crippen molar-refractivity contribution in [1.82, 2.24) is 10.2 Å². The van der Waals surface area contributed by atoms with Gasteiger partial charge in [-0.2, -0.15) is 0 Å². The topological polar surface area (TPSA) is 84.0 Å². The Morgan fingerprint density at radius 1 is 1.08 bits per heavy atom. The standard InChI is InChI=1S/C16H20N4O2S2/c1-4-15-19-20-16(24-15)18-14(22)9-23-8-13(21)17-12-6-5-10(2)11(3)7-12/h5-7H,4,8-9H2,1-3H3,(H,17,21)(H,18,20,22). The molecule has 24 heavy (non-hydrogen) atoms. The molecular formula is C16H20N4O2S2. The van der Waals surface area contributed by atoms with E-state index in [-0.39, 0.29) is 23.3 Å². The van der Waals surface area contributed by atoms with Crippen LogP contribution in [0.25, 0.3) is 0 Å². The second-order valence-electron chi connectivity index (χ2n) is 5.24. The maximum atomic E-state index is 11.9. The number of anilines is 2. The highest BCUT2D eigenvalue weighted by molar-refractivity contribution is 8.00. The predicted molar refractivity (Wildman–Crippen MR) is 99.8 cm³/mol. The number of rotatable bonds is 7. The van der Waals surface area contributed by atoms with Crippen LogP contribution in [0.1, 0.15) is 23.1 Å².